The number of rotatable bonds is 6. The fraction of sp³-hybridized carbons (Fsp3) is 0.444. The average Bonchev–Trinajstić information content (AvgIpc) is 3.22. The number of hydrogen-bond donors (Lipinski definition) is 1. The molecule has 0 fully saturated rings. The fourth-order valence-corrected chi connectivity index (χ4v) is 3.29. The molecule has 0 saturated heterocycles. The van der Waals surface area contributed by atoms with E-state index in [9.17, 15) is 0 Å². The molecule has 7 heteroatoms. The highest BCUT2D eigenvalue weighted by atomic mass is 15.5. The van der Waals surface area contributed by atoms with Gasteiger partial charge in [0.25, 0.3) is 0 Å². The van der Waals surface area contributed by atoms with Crippen LogP contribution in [0.3, 0.4) is 0 Å². The van der Waals surface area contributed by atoms with Gasteiger partial charge in [-0.1, -0.05) is 19.1 Å². The van der Waals surface area contributed by atoms with Crippen LogP contribution < -0.4 is 5.32 Å². The Morgan fingerprint density at radius 2 is 1.88 bits per heavy atom. The van der Waals surface area contributed by atoms with Crippen molar-refractivity contribution in [1.82, 2.24) is 35.3 Å². The molecule has 3 aromatic rings. The Labute approximate surface area is 148 Å². The molecule has 0 aliphatic heterocycles. The number of nitrogens with zero attached hydrogens (tertiary/aromatic N) is 6. The highest BCUT2D eigenvalue weighted by molar-refractivity contribution is 5.35. The number of hydrogen-bond acceptors (Lipinski definition) is 5. The SMILES string of the molecule is CCC(NC(C)c1ccc(-n2cnnn2)cc1)c1c(C)nn(C)c1C. The summed E-state index contributed by atoms with van der Waals surface area (Å²) in [4.78, 5) is 0. The number of nitrogens with one attached hydrogen (secondary N) is 1. The summed E-state index contributed by atoms with van der Waals surface area (Å²) in [7, 11) is 2.00. The van der Waals surface area contributed by atoms with Gasteiger partial charge in [0.1, 0.15) is 6.33 Å². The smallest absolute Gasteiger partial charge is 0.143 e. The van der Waals surface area contributed by atoms with Crippen LogP contribution in [-0.2, 0) is 7.05 Å². The van der Waals surface area contributed by atoms with E-state index < -0.39 is 0 Å². The first-order valence-electron chi connectivity index (χ1n) is 8.60. The molecule has 25 heavy (non-hydrogen) atoms. The van der Waals surface area contributed by atoms with Crippen molar-refractivity contribution in [2.24, 2.45) is 7.05 Å². The lowest BCUT2D eigenvalue weighted by Gasteiger charge is -2.23. The number of tetrazole rings is 1. The summed E-state index contributed by atoms with van der Waals surface area (Å²) in [5.74, 6) is 0. The Hall–Kier alpha value is -2.54. The lowest BCUT2D eigenvalue weighted by atomic mass is 9.99. The predicted molar refractivity (Wildman–Crippen MR) is 96.4 cm³/mol. The molecule has 0 amide bonds. The number of aryl methyl sites for hydroxylation is 2. The van der Waals surface area contributed by atoms with E-state index in [2.05, 4.69) is 65.8 Å². The molecule has 2 aromatic heterocycles. The molecule has 3 rings (SSSR count). The van der Waals surface area contributed by atoms with E-state index in [1.54, 1.807) is 11.0 Å². The third-order valence-electron chi connectivity index (χ3n) is 4.78. The minimum atomic E-state index is 0.229. The highest BCUT2D eigenvalue weighted by Crippen LogP contribution is 2.27. The number of aromatic nitrogens is 6. The monoisotopic (exact) mass is 339 g/mol. The second-order valence-corrected chi connectivity index (χ2v) is 6.40. The zero-order valence-corrected chi connectivity index (χ0v) is 15.4. The normalized spacial score (nSPS) is 13.8. The van der Waals surface area contributed by atoms with Gasteiger partial charge in [-0.2, -0.15) is 5.10 Å². The van der Waals surface area contributed by atoms with Crippen molar-refractivity contribution in [3.8, 4) is 5.69 Å². The van der Waals surface area contributed by atoms with Crippen molar-refractivity contribution < 1.29 is 0 Å². The quantitative estimate of drug-likeness (QED) is 0.747. The summed E-state index contributed by atoms with van der Waals surface area (Å²) in [6.45, 7) is 8.61. The van der Waals surface area contributed by atoms with Gasteiger partial charge < -0.3 is 5.32 Å². The van der Waals surface area contributed by atoms with Crippen molar-refractivity contribution in [3.63, 3.8) is 0 Å². The van der Waals surface area contributed by atoms with Gasteiger partial charge >= 0.3 is 0 Å². The van der Waals surface area contributed by atoms with Crippen LogP contribution in [0.4, 0.5) is 0 Å². The van der Waals surface area contributed by atoms with Crippen LogP contribution in [0.15, 0.2) is 30.6 Å². The molecule has 0 saturated carbocycles. The first-order valence-corrected chi connectivity index (χ1v) is 8.60. The summed E-state index contributed by atoms with van der Waals surface area (Å²) >= 11 is 0. The highest BCUT2D eigenvalue weighted by Gasteiger charge is 2.20. The van der Waals surface area contributed by atoms with Gasteiger partial charge in [-0.3, -0.25) is 4.68 Å². The third kappa shape index (κ3) is 3.46. The molecular formula is C18H25N7. The van der Waals surface area contributed by atoms with Crippen molar-refractivity contribution in [2.45, 2.75) is 46.2 Å². The van der Waals surface area contributed by atoms with Crippen LogP contribution in [0.2, 0.25) is 0 Å². The Morgan fingerprint density at radius 3 is 2.40 bits per heavy atom. The third-order valence-corrected chi connectivity index (χ3v) is 4.78. The summed E-state index contributed by atoms with van der Waals surface area (Å²) < 4.78 is 3.61. The minimum Gasteiger partial charge on any atom is -0.303 e. The van der Waals surface area contributed by atoms with Gasteiger partial charge in [-0.05, 0) is 55.3 Å². The Kier molecular flexibility index (Phi) is 4.94. The zero-order valence-electron chi connectivity index (χ0n) is 15.4. The van der Waals surface area contributed by atoms with Gasteiger partial charge in [0.15, 0.2) is 0 Å². The molecular weight excluding hydrogens is 314 g/mol. The van der Waals surface area contributed by atoms with E-state index in [0.717, 1.165) is 17.8 Å². The van der Waals surface area contributed by atoms with Crippen molar-refractivity contribution in [1.29, 1.82) is 0 Å². The molecule has 132 valence electrons. The first-order chi connectivity index (χ1) is 12.0. The molecule has 0 spiro atoms. The second kappa shape index (κ2) is 7.14. The van der Waals surface area contributed by atoms with Gasteiger partial charge in [-0.25, -0.2) is 4.68 Å². The van der Waals surface area contributed by atoms with Crippen LogP contribution in [0.5, 0.6) is 0 Å². The maximum atomic E-state index is 4.55. The maximum Gasteiger partial charge on any atom is 0.143 e. The van der Waals surface area contributed by atoms with E-state index in [-0.39, 0.29) is 12.1 Å². The van der Waals surface area contributed by atoms with Gasteiger partial charge in [0, 0.05) is 30.4 Å². The van der Waals surface area contributed by atoms with E-state index >= 15 is 0 Å². The van der Waals surface area contributed by atoms with E-state index in [0.29, 0.717) is 0 Å². The molecule has 0 aliphatic carbocycles. The largest absolute Gasteiger partial charge is 0.303 e. The van der Waals surface area contributed by atoms with Crippen LogP contribution in [0, 0.1) is 13.8 Å². The average molecular weight is 339 g/mol. The lowest BCUT2D eigenvalue weighted by molar-refractivity contribution is 0.453. The van der Waals surface area contributed by atoms with Crippen LogP contribution >= 0.6 is 0 Å². The van der Waals surface area contributed by atoms with Crippen LogP contribution in [-0.4, -0.2) is 30.0 Å². The summed E-state index contributed by atoms with van der Waals surface area (Å²) in [5.41, 5.74) is 5.81. The zero-order chi connectivity index (χ0) is 18.0. The summed E-state index contributed by atoms with van der Waals surface area (Å²) in [6, 6.07) is 8.81. The fourth-order valence-electron chi connectivity index (χ4n) is 3.29. The van der Waals surface area contributed by atoms with Gasteiger partial charge in [0.2, 0.25) is 0 Å². The molecule has 0 aliphatic rings. The Balaban J connectivity index is 1.77. The lowest BCUT2D eigenvalue weighted by Crippen LogP contribution is -2.25. The molecule has 7 nitrogen and oxygen atoms in total. The van der Waals surface area contributed by atoms with E-state index in [1.165, 1.54) is 16.8 Å². The molecule has 0 radical (unpaired) electrons. The van der Waals surface area contributed by atoms with Crippen molar-refractivity contribution in [2.75, 3.05) is 0 Å². The van der Waals surface area contributed by atoms with Gasteiger partial charge in [-0.15, -0.1) is 5.10 Å². The van der Waals surface area contributed by atoms with E-state index in [4.69, 9.17) is 0 Å². The first kappa shape index (κ1) is 17.3. The summed E-state index contributed by atoms with van der Waals surface area (Å²) in [6.07, 6.45) is 2.61. The maximum absolute atomic E-state index is 4.55. The Morgan fingerprint density at radius 1 is 1.16 bits per heavy atom. The molecule has 0 bridgehead atoms. The molecule has 2 heterocycles. The van der Waals surface area contributed by atoms with Crippen LogP contribution in [0.25, 0.3) is 5.69 Å². The van der Waals surface area contributed by atoms with E-state index in [1.807, 2.05) is 23.9 Å². The predicted octanol–water partition coefficient (Wildman–Crippen LogP) is 2.81. The molecule has 2 unspecified atom stereocenters. The van der Waals surface area contributed by atoms with Crippen LogP contribution in [0.1, 0.15) is 54.9 Å². The standard InChI is InChI=1S/C18H25N7/c1-6-17(18-13(3)21-24(5)14(18)4)20-12(2)15-7-9-16(10-8-15)25-11-19-22-23-25/h7-12,17,20H,6H2,1-5H3. The number of benzene rings is 1. The van der Waals surface area contributed by atoms with Crippen molar-refractivity contribution in [3.05, 3.63) is 53.1 Å². The topological polar surface area (TPSA) is 73.5 Å². The minimum absolute atomic E-state index is 0.229. The summed E-state index contributed by atoms with van der Waals surface area (Å²) in [5, 5.41) is 19.6. The Bertz CT molecular complexity index is 818. The molecule has 1 N–H and O–H groups in total. The van der Waals surface area contributed by atoms with Crippen molar-refractivity contribution >= 4 is 0 Å². The molecule has 2 atom stereocenters. The second-order valence-electron chi connectivity index (χ2n) is 6.40. The molecule has 1 aromatic carbocycles. The van der Waals surface area contributed by atoms with Gasteiger partial charge in [0.05, 0.1) is 11.4 Å².